The van der Waals surface area contributed by atoms with Gasteiger partial charge in [0.05, 0.1) is 15.6 Å². The van der Waals surface area contributed by atoms with Gasteiger partial charge in [-0.1, -0.05) is 49.1 Å². The number of amides is 1. The number of unbranched alkanes of at least 4 members (excludes halogenated alkanes) is 2. The van der Waals surface area contributed by atoms with Gasteiger partial charge in [0, 0.05) is 12.1 Å². The second-order valence-corrected chi connectivity index (χ2v) is 8.17. The summed E-state index contributed by atoms with van der Waals surface area (Å²) in [6, 6.07) is 11.0. The normalized spacial score (nSPS) is 11.2. The lowest BCUT2D eigenvalue weighted by molar-refractivity contribution is 0.0953. The monoisotopic (exact) mass is 394 g/mol. The number of anilines is 1. The molecule has 0 radical (unpaired) electrons. The van der Waals surface area contributed by atoms with Crippen molar-refractivity contribution in [3.63, 3.8) is 0 Å². The third-order valence-electron chi connectivity index (χ3n) is 3.87. The highest BCUT2D eigenvalue weighted by atomic mass is 35.5. The molecule has 2 rings (SSSR count). The molecule has 0 atom stereocenters. The quantitative estimate of drug-likeness (QED) is 0.653. The van der Waals surface area contributed by atoms with Crippen LogP contribution >= 0.6 is 11.6 Å². The van der Waals surface area contributed by atoms with Crippen LogP contribution in [0.5, 0.6) is 0 Å². The molecule has 0 heterocycles. The van der Waals surface area contributed by atoms with Gasteiger partial charge < -0.3 is 5.32 Å². The van der Waals surface area contributed by atoms with Crippen molar-refractivity contribution >= 4 is 33.2 Å². The van der Waals surface area contributed by atoms with Crippen LogP contribution < -0.4 is 10.0 Å². The first-order chi connectivity index (χ1) is 12.3. The zero-order valence-electron chi connectivity index (χ0n) is 14.9. The van der Waals surface area contributed by atoms with Crippen LogP contribution in [0.1, 0.15) is 42.1 Å². The molecule has 0 aliphatic heterocycles. The molecule has 26 heavy (non-hydrogen) atoms. The van der Waals surface area contributed by atoms with Gasteiger partial charge in [-0.2, -0.15) is 0 Å². The van der Waals surface area contributed by atoms with Gasteiger partial charge in [-0.05, 0) is 43.7 Å². The summed E-state index contributed by atoms with van der Waals surface area (Å²) < 4.78 is 27.3. The van der Waals surface area contributed by atoms with E-state index in [0.717, 1.165) is 24.8 Å². The maximum Gasteiger partial charge on any atom is 0.261 e. The zero-order valence-corrected chi connectivity index (χ0v) is 16.5. The number of sulfonamides is 1. The van der Waals surface area contributed by atoms with Crippen LogP contribution in [0.25, 0.3) is 0 Å². The molecule has 2 aromatic rings. The number of hydrogen-bond donors (Lipinski definition) is 2. The van der Waals surface area contributed by atoms with E-state index in [4.69, 9.17) is 11.6 Å². The second kappa shape index (κ2) is 9.05. The summed E-state index contributed by atoms with van der Waals surface area (Å²) >= 11 is 6.17. The summed E-state index contributed by atoms with van der Waals surface area (Å²) in [7, 11) is -3.74. The fourth-order valence-electron chi connectivity index (χ4n) is 2.34. The number of hydrogen-bond acceptors (Lipinski definition) is 3. The van der Waals surface area contributed by atoms with E-state index >= 15 is 0 Å². The number of nitrogens with one attached hydrogen (secondary N) is 2. The molecule has 2 aromatic carbocycles. The maximum absolute atomic E-state index is 12.4. The van der Waals surface area contributed by atoms with Gasteiger partial charge in [0.15, 0.2) is 0 Å². The van der Waals surface area contributed by atoms with E-state index in [1.165, 1.54) is 24.3 Å². The summed E-state index contributed by atoms with van der Waals surface area (Å²) in [5.41, 5.74) is 1.59. The molecule has 0 spiro atoms. The molecule has 7 heteroatoms. The first-order valence-electron chi connectivity index (χ1n) is 8.50. The Hall–Kier alpha value is -2.05. The lowest BCUT2D eigenvalue weighted by Gasteiger charge is -2.11. The molecule has 0 bridgehead atoms. The fourth-order valence-corrected chi connectivity index (χ4v) is 3.70. The van der Waals surface area contributed by atoms with E-state index in [0.29, 0.717) is 12.1 Å². The number of carbonyl (C=O) groups excluding carboxylic acids is 1. The molecule has 0 saturated carbocycles. The fraction of sp³-hybridized carbons (Fsp3) is 0.316. The smallest absolute Gasteiger partial charge is 0.261 e. The van der Waals surface area contributed by atoms with Gasteiger partial charge >= 0.3 is 0 Å². The number of aryl methyl sites for hydroxylation is 1. The number of rotatable bonds is 8. The second-order valence-electron chi connectivity index (χ2n) is 6.08. The minimum atomic E-state index is -3.74. The summed E-state index contributed by atoms with van der Waals surface area (Å²) in [6.45, 7) is 4.58. The van der Waals surface area contributed by atoms with Gasteiger partial charge in [0.25, 0.3) is 15.9 Å². The Balaban J connectivity index is 2.09. The summed E-state index contributed by atoms with van der Waals surface area (Å²) in [5, 5.41) is 2.99. The molecule has 0 fully saturated rings. The lowest BCUT2D eigenvalue weighted by atomic mass is 10.2. The average Bonchev–Trinajstić information content (AvgIpc) is 2.60. The van der Waals surface area contributed by atoms with Gasteiger partial charge in [-0.25, -0.2) is 8.42 Å². The van der Waals surface area contributed by atoms with E-state index in [9.17, 15) is 13.2 Å². The number of halogens is 1. The van der Waals surface area contributed by atoms with Crippen LogP contribution in [0, 0.1) is 6.92 Å². The Bertz CT molecular complexity index is 865. The minimum absolute atomic E-state index is 0.150. The van der Waals surface area contributed by atoms with Crippen molar-refractivity contribution < 1.29 is 13.2 Å². The summed E-state index contributed by atoms with van der Waals surface area (Å²) in [5.74, 6) is -0.226. The topological polar surface area (TPSA) is 75.3 Å². The standard InChI is InChI=1S/C19H23ClN2O3S/c1-3-4-5-12-21-19(23)15-8-11-18(17(20)13-15)22-26(24,25)16-9-6-14(2)7-10-16/h6-11,13,22H,3-5,12H2,1-2H3,(H,21,23). The molecule has 1 amide bonds. The molecule has 0 saturated heterocycles. The van der Waals surface area contributed by atoms with Crippen LogP contribution in [0.2, 0.25) is 5.02 Å². The maximum atomic E-state index is 12.4. The van der Waals surface area contributed by atoms with Crippen LogP contribution in [0.4, 0.5) is 5.69 Å². The van der Waals surface area contributed by atoms with Crippen molar-refractivity contribution in [2.24, 2.45) is 0 Å². The Morgan fingerprint density at radius 1 is 1.08 bits per heavy atom. The van der Waals surface area contributed by atoms with Crippen LogP contribution in [0.15, 0.2) is 47.4 Å². The van der Waals surface area contributed by atoms with Crippen molar-refractivity contribution in [3.05, 3.63) is 58.6 Å². The largest absolute Gasteiger partial charge is 0.352 e. The predicted octanol–water partition coefficient (Wildman–Crippen LogP) is 4.37. The van der Waals surface area contributed by atoms with E-state index in [1.807, 2.05) is 6.92 Å². The Kier molecular flexibility index (Phi) is 7.06. The summed E-state index contributed by atoms with van der Waals surface area (Å²) in [6.07, 6.45) is 3.06. The van der Waals surface area contributed by atoms with Gasteiger partial charge in [-0.15, -0.1) is 0 Å². The van der Waals surface area contributed by atoms with Crippen molar-refractivity contribution in [2.75, 3.05) is 11.3 Å². The minimum Gasteiger partial charge on any atom is -0.352 e. The zero-order chi connectivity index (χ0) is 19.2. The molecular weight excluding hydrogens is 372 g/mol. The molecule has 2 N–H and O–H groups in total. The average molecular weight is 395 g/mol. The van der Waals surface area contributed by atoms with Crippen LogP contribution in [-0.2, 0) is 10.0 Å². The van der Waals surface area contributed by atoms with Crippen molar-refractivity contribution in [2.45, 2.75) is 38.0 Å². The Labute approximate surface area is 159 Å². The highest BCUT2D eigenvalue weighted by Crippen LogP contribution is 2.26. The molecule has 5 nitrogen and oxygen atoms in total. The summed E-state index contributed by atoms with van der Waals surface area (Å²) in [4.78, 5) is 12.3. The highest BCUT2D eigenvalue weighted by molar-refractivity contribution is 7.92. The van der Waals surface area contributed by atoms with E-state index < -0.39 is 10.0 Å². The predicted molar refractivity (Wildman–Crippen MR) is 105 cm³/mol. The van der Waals surface area contributed by atoms with E-state index in [-0.39, 0.29) is 21.5 Å². The van der Waals surface area contributed by atoms with Crippen molar-refractivity contribution in [1.82, 2.24) is 5.32 Å². The van der Waals surface area contributed by atoms with E-state index in [1.54, 1.807) is 18.2 Å². The molecule has 0 aliphatic rings. The van der Waals surface area contributed by atoms with Gasteiger partial charge in [-0.3, -0.25) is 9.52 Å². The first-order valence-corrected chi connectivity index (χ1v) is 10.4. The SMILES string of the molecule is CCCCCNC(=O)c1ccc(NS(=O)(=O)c2ccc(C)cc2)c(Cl)c1. The molecule has 0 aromatic heterocycles. The van der Waals surface area contributed by atoms with Crippen molar-refractivity contribution in [3.8, 4) is 0 Å². The molecule has 0 unspecified atom stereocenters. The van der Waals surface area contributed by atoms with Gasteiger partial charge in [0.1, 0.15) is 0 Å². The molecule has 0 aliphatic carbocycles. The van der Waals surface area contributed by atoms with Crippen molar-refractivity contribution in [1.29, 1.82) is 0 Å². The van der Waals surface area contributed by atoms with Crippen LogP contribution in [-0.4, -0.2) is 20.9 Å². The third-order valence-corrected chi connectivity index (χ3v) is 5.57. The van der Waals surface area contributed by atoms with Gasteiger partial charge in [0.2, 0.25) is 0 Å². The van der Waals surface area contributed by atoms with Crippen LogP contribution in [0.3, 0.4) is 0 Å². The Morgan fingerprint density at radius 3 is 2.38 bits per heavy atom. The Morgan fingerprint density at radius 2 is 1.77 bits per heavy atom. The molecular formula is C19H23ClN2O3S. The number of carbonyl (C=O) groups is 1. The first kappa shape index (κ1) is 20.3. The third kappa shape index (κ3) is 5.47. The number of benzene rings is 2. The highest BCUT2D eigenvalue weighted by Gasteiger charge is 2.16. The van der Waals surface area contributed by atoms with E-state index in [2.05, 4.69) is 17.0 Å². The lowest BCUT2D eigenvalue weighted by Crippen LogP contribution is -2.24. The molecule has 140 valence electrons.